The maximum Gasteiger partial charge on any atom is 0.139 e. The van der Waals surface area contributed by atoms with Crippen LogP contribution in [0.5, 0.6) is 0 Å². The molecule has 2 rings (SSSR count). The zero-order valence-electron chi connectivity index (χ0n) is 10.6. The summed E-state index contributed by atoms with van der Waals surface area (Å²) in [5.41, 5.74) is 0.873. The summed E-state index contributed by atoms with van der Waals surface area (Å²) < 4.78 is 7.22. The van der Waals surface area contributed by atoms with Gasteiger partial charge in [-0.15, -0.1) is 0 Å². The van der Waals surface area contributed by atoms with Gasteiger partial charge in [0.25, 0.3) is 0 Å². The van der Waals surface area contributed by atoms with Gasteiger partial charge in [0.15, 0.2) is 0 Å². The van der Waals surface area contributed by atoms with Crippen molar-refractivity contribution in [3.05, 3.63) is 18.0 Å². The molecule has 1 fully saturated rings. The highest BCUT2D eigenvalue weighted by atomic mass is 16.5. The molecule has 4 nitrogen and oxygen atoms in total. The molecule has 0 spiro atoms. The molecule has 17 heavy (non-hydrogen) atoms. The first-order valence-corrected chi connectivity index (χ1v) is 6.29. The first-order chi connectivity index (χ1) is 8.17. The first-order valence-electron chi connectivity index (χ1n) is 6.29. The molecule has 1 aliphatic rings. The van der Waals surface area contributed by atoms with Gasteiger partial charge in [0.05, 0.1) is 18.2 Å². The number of carbonyl (C=O) groups excluding carboxylic acids is 1. The molecule has 0 saturated heterocycles. The van der Waals surface area contributed by atoms with E-state index in [1.54, 1.807) is 4.68 Å². The average molecular weight is 236 g/mol. The molecule has 0 bridgehead atoms. The van der Waals surface area contributed by atoms with Crippen molar-refractivity contribution >= 4 is 5.78 Å². The van der Waals surface area contributed by atoms with E-state index < -0.39 is 0 Å². The normalized spacial score (nSPS) is 23.4. The summed E-state index contributed by atoms with van der Waals surface area (Å²) in [5, 5.41) is 4.22. The lowest BCUT2D eigenvalue weighted by Crippen LogP contribution is -2.33. The van der Waals surface area contributed by atoms with Crippen LogP contribution < -0.4 is 0 Å². The fourth-order valence-corrected chi connectivity index (χ4v) is 2.37. The molecule has 4 heteroatoms. The fraction of sp³-hybridized carbons (Fsp3) is 0.692. The van der Waals surface area contributed by atoms with E-state index in [2.05, 4.69) is 5.10 Å². The highest BCUT2D eigenvalue weighted by Crippen LogP contribution is 2.32. The van der Waals surface area contributed by atoms with Gasteiger partial charge in [0.2, 0.25) is 0 Å². The van der Waals surface area contributed by atoms with Crippen molar-refractivity contribution in [3.63, 3.8) is 0 Å². The second-order valence-corrected chi connectivity index (χ2v) is 4.82. The molecule has 1 aromatic rings. The van der Waals surface area contributed by atoms with Crippen LogP contribution in [0.2, 0.25) is 0 Å². The van der Waals surface area contributed by atoms with E-state index in [1.807, 2.05) is 26.2 Å². The topological polar surface area (TPSA) is 44.1 Å². The van der Waals surface area contributed by atoms with E-state index in [-0.39, 0.29) is 0 Å². The lowest BCUT2D eigenvalue weighted by atomic mass is 9.78. The molecule has 0 amide bonds. The van der Waals surface area contributed by atoms with Crippen LogP contribution in [0.3, 0.4) is 0 Å². The number of hydrogen-bond donors (Lipinski definition) is 0. The number of Topliss-reactive ketones (excluding diaryl/α,β-unsaturated/α-hetero) is 1. The molecular formula is C13H20N2O2. The molecule has 94 valence electrons. The van der Waals surface area contributed by atoms with Gasteiger partial charge in [0.1, 0.15) is 5.78 Å². The Hall–Kier alpha value is -1.16. The van der Waals surface area contributed by atoms with Gasteiger partial charge in [-0.1, -0.05) is 0 Å². The zero-order valence-corrected chi connectivity index (χ0v) is 10.6. The van der Waals surface area contributed by atoms with Crippen LogP contribution in [0.4, 0.5) is 0 Å². The molecule has 0 aliphatic heterocycles. The van der Waals surface area contributed by atoms with Gasteiger partial charge in [-0.05, 0) is 31.7 Å². The van der Waals surface area contributed by atoms with Crippen molar-refractivity contribution < 1.29 is 9.53 Å². The lowest BCUT2D eigenvalue weighted by Gasteiger charge is -2.34. The van der Waals surface area contributed by atoms with E-state index in [0.29, 0.717) is 30.6 Å². The summed E-state index contributed by atoms with van der Waals surface area (Å²) in [7, 11) is 1.87. The van der Waals surface area contributed by atoms with Crippen LogP contribution in [-0.2, 0) is 23.0 Å². The highest BCUT2D eigenvalue weighted by Gasteiger charge is 2.30. The van der Waals surface area contributed by atoms with Gasteiger partial charge >= 0.3 is 0 Å². The Labute approximate surface area is 102 Å². The quantitative estimate of drug-likeness (QED) is 0.755. The molecule has 0 radical (unpaired) electrons. The highest BCUT2D eigenvalue weighted by molar-refractivity contribution is 5.80. The third-order valence-corrected chi connectivity index (χ3v) is 3.26. The minimum atomic E-state index is 0.295. The van der Waals surface area contributed by atoms with Crippen molar-refractivity contribution in [2.24, 2.45) is 13.0 Å². The van der Waals surface area contributed by atoms with Gasteiger partial charge in [-0.3, -0.25) is 9.48 Å². The predicted molar refractivity (Wildman–Crippen MR) is 64.7 cm³/mol. The van der Waals surface area contributed by atoms with E-state index in [9.17, 15) is 4.79 Å². The van der Waals surface area contributed by atoms with Crippen LogP contribution in [0.1, 0.15) is 31.9 Å². The number of aromatic nitrogens is 2. The zero-order chi connectivity index (χ0) is 12.3. The molecule has 0 aromatic carbocycles. The number of ketones is 1. The van der Waals surface area contributed by atoms with Gasteiger partial charge < -0.3 is 4.74 Å². The SMILES string of the molecule is CCOC1CC(CC(=O)Cc2ccn(C)n2)C1. The van der Waals surface area contributed by atoms with Crippen molar-refractivity contribution in [2.45, 2.75) is 38.7 Å². The monoisotopic (exact) mass is 236 g/mol. The summed E-state index contributed by atoms with van der Waals surface area (Å²) in [6.07, 6.45) is 5.50. The maximum absolute atomic E-state index is 11.8. The van der Waals surface area contributed by atoms with Crippen molar-refractivity contribution in [1.29, 1.82) is 0 Å². The van der Waals surface area contributed by atoms with E-state index in [1.165, 1.54) is 0 Å². The van der Waals surface area contributed by atoms with Crippen LogP contribution in [0.15, 0.2) is 12.3 Å². The second-order valence-electron chi connectivity index (χ2n) is 4.82. The number of rotatable bonds is 6. The standard InChI is InChI=1S/C13H20N2O2/c1-3-17-13-7-10(8-13)6-12(16)9-11-4-5-15(2)14-11/h4-5,10,13H,3,6-9H2,1-2H3. The summed E-state index contributed by atoms with van der Waals surface area (Å²) in [6.45, 7) is 2.79. The maximum atomic E-state index is 11.8. The Kier molecular flexibility index (Phi) is 3.94. The fourth-order valence-electron chi connectivity index (χ4n) is 2.37. The van der Waals surface area contributed by atoms with Crippen molar-refractivity contribution in [2.75, 3.05) is 6.61 Å². The Bertz CT molecular complexity index is 381. The van der Waals surface area contributed by atoms with Crippen LogP contribution in [0, 0.1) is 5.92 Å². The molecular weight excluding hydrogens is 216 g/mol. The van der Waals surface area contributed by atoms with E-state index >= 15 is 0 Å². The van der Waals surface area contributed by atoms with Crippen molar-refractivity contribution in [3.8, 4) is 0 Å². The Morgan fingerprint density at radius 3 is 2.94 bits per heavy atom. The molecule has 0 unspecified atom stereocenters. The van der Waals surface area contributed by atoms with Gasteiger partial charge in [-0.25, -0.2) is 0 Å². The Morgan fingerprint density at radius 1 is 1.59 bits per heavy atom. The molecule has 1 aliphatic carbocycles. The third kappa shape index (κ3) is 3.40. The number of nitrogens with zero attached hydrogens (tertiary/aromatic N) is 2. The van der Waals surface area contributed by atoms with Gasteiger partial charge in [0, 0.05) is 26.3 Å². The molecule has 1 heterocycles. The number of hydrogen-bond acceptors (Lipinski definition) is 3. The van der Waals surface area contributed by atoms with Gasteiger partial charge in [-0.2, -0.15) is 5.10 Å². The third-order valence-electron chi connectivity index (χ3n) is 3.26. The Morgan fingerprint density at radius 2 is 2.35 bits per heavy atom. The summed E-state index contributed by atoms with van der Waals surface area (Å²) in [5.74, 6) is 0.825. The summed E-state index contributed by atoms with van der Waals surface area (Å²) in [4.78, 5) is 11.8. The van der Waals surface area contributed by atoms with Crippen LogP contribution in [-0.4, -0.2) is 28.3 Å². The van der Waals surface area contributed by atoms with E-state index in [4.69, 9.17) is 4.74 Å². The smallest absolute Gasteiger partial charge is 0.139 e. The molecule has 1 aromatic heterocycles. The number of aryl methyl sites for hydroxylation is 1. The summed E-state index contributed by atoms with van der Waals surface area (Å²) in [6, 6.07) is 1.90. The largest absolute Gasteiger partial charge is 0.378 e. The van der Waals surface area contributed by atoms with Crippen molar-refractivity contribution in [1.82, 2.24) is 9.78 Å². The number of carbonyl (C=O) groups is 1. The van der Waals surface area contributed by atoms with Crippen LogP contribution in [0.25, 0.3) is 0 Å². The minimum Gasteiger partial charge on any atom is -0.378 e. The minimum absolute atomic E-state index is 0.295. The molecule has 1 saturated carbocycles. The van der Waals surface area contributed by atoms with E-state index in [0.717, 1.165) is 25.1 Å². The van der Waals surface area contributed by atoms with Crippen LogP contribution >= 0.6 is 0 Å². The first kappa shape index (κ1) is 12.3. The number of ether oxygens (including phenoxy) is 1. The second kappa shape index (κ2) is 5.45. The molecule has 0 N–H and O–H groups in total. The molecule has 0 atom stereocenters. The predicted octanol–water partition coefficient (Wildman–Crippen LogP) is 1.74. The lowest BCUT2D eigenvalue weighted by molar-refractivity contribution is -0.121. The average Bonchev–Trinajstić information content (AvgIpc) is 2.61. The Balaban J connectivity index is 1.69. The summed E-state index contributed by atoms with van der Waals surface area (Å²) >= 11 is 0.